The predicted molar refractivity (Wildman–Crippen MR) is 61.3 cm³/mol. The number of hydrogen-bond donors (Lipinski definition) is 1. The first-order valence-electron chi connectivity index (χ1n) is 5.67. The Morgan fingerprint density at radius 1 is 1.36 bits per heavy atom. The van der Waals surface area contributed by atoms with E-state index in [1.165, 1.54) is 43.2 Å². The first kappa shape index (κ1) is 9.57. The van der Waals surface area contributed by atoms with Crippen molar-refractivity contribution in [2.45, 2.75) is 39.0 Å². The van der Waals surface area contributed by atoms with Crippen LogP contribution >= 0.6 is 0 Å². The normalized spacial score (nSPS) is 20.5. The summed E-state index contributed by atoms with van der Waals surface area (Å²) >= 11 is 0. The first-order valence-corrected chi connectivity index (χ1v) is 5.67. The maximum absolute atomic E-state index is 5.78. The molecule has 1 aromatic carbocycles. The van der Waals surface area contributed by atoms with Crippen molar-refractivity contribution in [2.75, 3.05) is 5.73 Å². The van der Waals surface area contributed by atoms with Gasteiger partial charge in [0, 0.05) is 5.69 Å². The topological polar surface area (TPSA) is 26.0 Å². The Balaban J connectivity index is 2.15. The molecule has 0 radical (unpaired) electrons. The van der Waals surface area contributed by atoms with Gasteiger partial charge in [0.25, 0.3) is 0 Å². The summed E-state index contributed by atoms with van der Waals surface area (Å²) in [4.78, 5) is 0. The van der Waals surface area contributed by atoms with Crippen molar-refractivity contribution >= 4 is 5.69 Å². The quantitative estimate of drug-likeness (QED) is 0.710. The van der Waals surface area contributed by atoms with Gasteiger partial charge < -0.3 is 5.73 Å². The molecule has 0 saturated carbocycles. The molecule has 1 unspecified atom stereocenters. The molecule has 1 atom stereocenters. The summed E-state index contributed by atoms with van der Waals surface area (Å²) in [6.45, 7) is 2.28. The fourth-order valence-electron chi connectivity index (χ4n) is 2.51. The molecule has 1 heteroatoms. The summed E-state index contributed by atoms with van der Waals surface area (Å²) in [7, 11) is 0. The highest BCUT2D eigenvalue weighted by Crippen LogP contribution is 2.29. The number of aryl methyl sites for hydroxylation is 1. The average molecular weight is 189 g/mol. The summed E-state index contributed by atoms with van der Waals surface area (Å²) in [5, 5.41) is 0. The Morgan fingerprint density at radius 3 is 3.00 bits per heavy atom. The van der Waals surface area contributed by atoms with Gasteiger partial charge in [0.15, 0.2) is 0 Å². The van der Waals surface area contributed by atoms with Gasteiger partial charge in [0.2, 0.25) is 0 Å². The van der Waals surface area contributed by atoms with E-state index in [-0.39, 0.29) is 0 Å². The molecular formula is C13H19N. The van der Waals surface area contributed by atoms with Gasteiger partial charge in [0.1, 0.15) is 0 Å². The number of rotatable bonds is 2. The molecule has 0 aliphatic heterocycles. The lowest BCUT2D eigenvalue weighted by molar-refractivity contribution is 0.423. The maximum Gasteiger partial charge on any atom is 0.0316 e. The SMILES string of the molecule is CCCC1CCc2cc(N)ccc2C1. The molecule has 14 heavy (non-hydrogen) atoms. The Hall–Kier alpha value is -0.980. The molecule has 0 saturated heterocycles. The van der Waals surface area contributed by atoms with Gasteiger partial charge in [-0.2, -0.15) is 0 Å². The molecule has 0 aromatic heterocycles. The van der Waals surface area contributed by atoms with Gasteiger partial charge in [-0.1, -0.05) is 25.8 Å². The van der Waals surface area contributed by atoms with Crippen molar-refractivity contribution in [3.8, 4) is 0 Å². The molecule has 1 aromatic rings. The number of anilines is 1. The van der Waals surface area contributed by atoms with E-state index in [9.17, 15) is 0 Å². The predicted octanol–water partition coefficient (Wildman–Crippen LogP) is 3.17. The average Bonchev–Trinajstić information content (AvgIpc) is 2.19. The molecule has 2 rings (SSSR count). The summed E-state index contributed by atoms with van der Waals surface area (Å²) < 4.78 is 0. The Labute approximate surface area is 86.3 Å². The third-order valence-corrected chi connectivity index (χ3v) is 3.26. The second-order valence-corrected chi connectivity index (χ2v) is 4.43. The van der Waals surface area contributed by atoms with Crippen molar-refractivity contribution in [1.82, 2.24) is 0 Å². The van der Waals surface area contributed by atoms with E-state index < -0.39 is 0 Å². The van der Waals surface area contributed by atoms with Crippen LogP contribution in [0.3, 0.4) is 0 Å². The van der Waals surface area contributed by atoms with Gasteiger partial charge in [-0.25, -0.2) is 0 Å². The number of nitrogen functional groups attached to an aromatic ring is 1. The number of nitrogens with two attached hydrogens (primary N) is 1. The van der Waals surface area contributed by atoms with Crippen LogP contribution in [0.25, 0.3) is 0 Å². The Bertz CT molecular complexity index is 317. The largest absolute Gasteiger partial charge is 0.399 e. The number of fused-ring (bicyclic) bond motifs is 1. The lowest BCUT2D eigenvalue weighted by Gasteiger charge is -2.24. The smallest absolute Gasteiger partial charge is 0.0316 e. The van der Waals surface area contributed by atoms with Crippen LogP contribution < -0.4 is 5.73 Å². The summed E-state index contributed by atoms with van der Waals surface area (Å²) in [5.74, 6) is 0.913. The van der Waals surface area contributed by atoms with E-state index in [0.717, 1.165) is 11.6 Å². The number of hydrogen-bond acceptors (Lipinski definition) is 1. The van der Waals surface area contributed by atoms with Crippen LogP contribution in [-0.2, 0) is 12.8 Å². The fraction of sp³-hybridized carbons (Fsp3) is 0.538. The van der Waals surface area contributed by atoms with Gasteiger partial charge in [-0.3, -0.25) is 0 Å². The van der Waals surface area contributed by atoms with Crippen LogP contribution in [0.2, 0.25) is 0 Å². The van der Waals surface area contributed by atoms with Crippen molar-refractivity contribution in [2.24, 2.45) is 5.92 Å². The van der Waals surface area contributed by atoms with Crippen LogP contribution in [0.15, 0.2) is 18.2 Å². The molecule has 0 heterocycles. The molecule has 0 bridgehead atoms. The Kier molecular flexibility index (Phi) is 2.76. The van der Waals surface area contributed by atoms with Crippen molar-refractivity contribution in [3.05, 3.63) is 29.3 Å². The lowest BCUT2D eigenvalue weighted by atomic mass is 9.81. The maximum atomic E-state index is 5.78. The van der Waals surface area contributed by atoms with Crippen LogP contribution in [0, 0.1) is 5.92 Å². The molecule has 1 aliphatic rings. The van der Waals surface area contributed by atoms with E-state index >= 15 is 0 Å². The highest BCUT2D eigenvalue weighted by atomic mass is 14.5. The number of benzene rings is 1. The van der Waals surface area contributed by atoms with Crippen LogP contribution in [0.1, 0.15) is 37.3 Å². The molecule has 76 valence electrons. The van der Waals surface area contributed by atoms with Gasteiger partial charge in [0.05, 0.1) is 0 Å². The highest BCUT2D eigenvalue weighted by Gasteiger charge is 2.17. The van der Waals surface area contributed by atoms with Crippen LogP contribution in [0.5, 0.6) is 0 Å². The zero-order valence-corrected chi connectivity index (χ0v) is 8.92. The Morgan fingerprint density at radius 2 is 2.21 bits per heavy atom. The summed E-state index contributed by atoms with van der Waals surface area (Å²) in [6.07, 6.45) is 6.54. The second kappa shape index (κ2) is 4.04. The molecule has 1 aliphatic carbocycles. The van der Waals surface area contributed by atoms with Crippen LogP contribution in [-0.4, -0.2) is 0 Å². The van der Waals surface area contributed by atoms with Crippen LogP contribution in [0.4, 0.5) is 5.69 Å². The molecule has 1 nitrogen and oxygen atoms in total. The van der Waals surface area contributed by atoms with E-state index in [0.29, 0.717) is 0 Å². The van der Waals surface area contributed by atoms with Crippen molar-refractivity contribution in [3.63, 3.8) is 0 Å². The fourth-order valence-corrected chi connectivity index (χ4v) is 2.51. The molecule has 0 amide bonds. The summed E-state index contributed by atoms with van der Waals surface area (Å²) in [5.41, 5.74) is 9.70. The molecular weight excluding hydrogens is 170 g/mol. The minimum absolute atomic E-state index is 0.913. The third kappa shape index (κ3) is 1.92. The highest BCUT2D eigenvalue weighted by molar-refractivity contribution is 5.45. The minimum atomic E-state index is 0.913. The van der Waals surface area contributed by atoms with E-state index in [4.69, 9.17) is 5.73 Å². The second-order valence-electron chi connectivity index (χ2n) is 4.43. The first-order chi connectivity index (χ1) is 6.79. The monoisotopic (exact) mass is 189 g/mol. The molecule has 2 N–H and O–H groups in total. The van der Waals surface area contributed by atoms with Crippen molar-refractivity contribution < 1.29 is 0 Å². The van der Waals surface area contributed by atoms with E-state index in [2.05, 4.69) is 19.1 Å². The van der Waals surface area contributed by atoms with Gasteiger partial charge in [-0.15, -0.1) is 0 Å². The molecule has 0 fully saturated rings. The standard InChI is InChI=1S/C13H19N/c1-2-3-10-4-5-12-9-13(14)7-6-11(12)8-10/h6-7,9-10H,2-5,8,14H2,1H3. The lowest BCUT2D eigenvalue weighted by Crippen LogP contribution is -2.14. The van der Waals surface area contributed by atoms with Gasteiger partial charge >= 0.3 is 0 Å². The zero-order chi connectivity index (χ0) is 9.97. The van der Waals surface area contributed by atoms with E-state index in [1.54, 1.807) is 0 Å². The third-order valence-electron chi connectivity index (χ3n) is 3.26. The van der Waals surface area contributed by atoms with Gasteiger partial charge in [-0.05, 0) is 48.4 Å². The minimum Gasteiger partial charge on any atom is -0.399 e. The van der Waals surface area contributed by atoms with E-state index in [1.807, 2.05) is 6.07 Å². The van der Waals surface area contributed by atoms with Crippen molar-refractivity contribution in [1.29, 1.82) is 0 Å². The summed E-state index contributed by atoms with van der Waals surface area (Å²) in [6, 6.07) is 6.40. The zero-order valence-electron chi connectivity index (χ0n) is 8.92. The molecule has 0 spiro atoms.